The van der Waals surface area contributed by atoms with Crippen LogP contribution in [0.2, 0.25) is 0 Å². The van der Waals surface area contributed by atoms with Crippen molar-refractivity contribution in [2.45, 2.75) is 19.9 Å². The van der Waals surface area contributed by atoms with E-state index in [1.165, 1.54) is 0 Å². The lowest BCUT2D eigenvalue weighted by Gasteiger charge is -2.26. The predicted octanol–water partition coefficient (Wildman–Crippen LogP) is -0.449. The van der Waals surface area contributed by atoms with Crippen LogP contribution in [0.5, 0.6) is 0 Å². The zero-order valence-electron chi connectivity index (χ0n) is 8.92. The monoisotopic (exact) mass is 187 g/mol. The number of carbonyl (C=O) groups is 1. The SMILES string of the molecule is CNCC(C)C(C)C(NC)C(N)=O. The van der Waals surface area contributed by atoms with Gasteiger partial charge < -0.3 is 16.4 Å². The molecule has 0 radical (unpaired) electrons. The molecule has 0 heterocycles. The van der Waals surface area contributed by atoms with E-state index in [1.54, 1.807) is 7.05 Å². The molecule has 0 aliphatic heterocycles. The molecule has 0 aromatic carbocycles. The minimum absolute atomic E-state index is 0.233. The molecular formula is C9H21N3O. The van der Waals surface area contributed by atoms with Gasteiger partial charge in [-0.25, -0.2) is 0 Å². The Morgan fingerprint density at radius 3 is 2.23 bits per heavy atom. The van der Waals surface area contributed by atoms with Crippen molar-refractivity contribution < 1.29 is 4.79 Å². The second kappa shape index (κ2) is 5.94. The Kier molecular flexibility index (Phi) is 5.66. The minimum Gasteiger partial charge on any atom is -0.368 e. The molecule has 4 nitrogen and oxygen atoms in total. The summed E-state index contributed by atoms with van der Waals surface area (Å²) in [7, 11) is 3.67. The van der Waals surface area contributed by atoms with E-state index in [9.17, 15) is 4.79 Å². The molecule has 3 unspecified atom stereocenters. The van der Waals surface area contributed by atoms with E-state index in [1.807, 2.05) is 14.0 Å². The molecule has 0 spiro atoms. The summed E-state index contributed by atoms with van der Waals surface area (Å²) in [6, 6.07) is -0.233. The molecule has 1 amide bonds. The highest BCUT2D eigenvalue weighted by Gasteiger charge is 2.24. The van der Waals surface area contributed by atoms with Crippen LogP contribution in [0.25, 0.3) is 0 Å². The van der Waals surface area contributed by atoms with Gasteiger partial charge in [-0.15, -0.1) is 0 Å². The van der Waals surface area contributed by atoms with Crippen LogP contribution in [0.4, 0.5) is 0 Å². The second-order valence-corrected chi connectivity index (χ2v) is 3.56. The Morgan fingerprint density at radius 1 is 1.38 bits per heavy atom. The van der Waals surface area contributed by atoms with Crippen molar-refractivity contribution in [3.05, 3.63) is 0 Å². The fourth-order valence-corrected chi connectivity index (χ4v) is 1.50. The Labute approximate surface area is 80.3 Å². The zero-order chi connectivity index (χ0) is 10.4. The van der Waals surface area contributed by atoms with Crippen LogP contribution in [0.3, 0.4) is 0 Å². The maximum atomic E-state index is 11.0. The highest BCUT2D eigenvalue weighted by Crippen LogP contribution is 2.14. The highest BCUT2D eigenvalue weighted by molar-refractivity contribution is 5.80. The van der Waals surface area contributed by atoms with Gasteiger partial charge in [0.05, 0.1) is 6.04 Å². The third kappa shape index (κ3) is 3.74. The summed E-state index contributed by atoms with van der Waals surface area (Å²) < 4.78 is 0. The average Bonchev–Trinajstić information content (AvgIpc) is 2.05. The molecule has 13 heavy (non-hydrogen) atoms. The molecule has 0 saturated carbocycles. The van der Waals surface area contributed by atoms with Crippen molar-refractivity contribution in [3.8, 4) is 0 Å². The molecule has 0 aliphatic rings. The zero-order valence-corrected chi connectivity index (χ0v) is 8.92. The van der Waals surface area contributed by atoms with Gasteiger partial charge in [-0.3, -0.25) is 4.79 Å². The van der Waals surface area contributed by atoms with E-state index in [2.05, 4.69) is 17.6 Å². The van der Waals surface area contributed by atoms with Crippen LogP contribution in [-0.4, -0.2) is 32.6 Å². The molecule has 0 rings (SSSR count). The first-order valence-electron chi connectivity index (χ1n) is 4.65. The molecule has 0 fully saturated rings. The van der Waals surface area contributed by atoms with Crippen LogP contribution in [0.15, 0.2) is 0 Å². The number of amides is 1. The Morgan fingerprint density at radius 2 is 1.92 bits per heavy atom. The summed E-state index contributed by atoms with van der Waals surface area (Å²) in [5.41, 5.74) is 5.26. The van der Waals surface area contributed by atoms with E-state index in [4.69, 9.17) is 5.73 Å². The summed E-state index contributed by atoms with van der Waals surface area (Å²) >= 11 is 0. The molecule has 78 valence electrons. The van der Waals surface area contributed by atoms with Crippen molar-refractivity contribution in [3.63, 3.8) is 0 Å². The lowest BCUT2D eigenvalue weighted by atomic mass is 9.88. The number of hydrogen-bond acceptors (Lipinski definition) is 3. The van der Waals surface area contributed by atoms with Gasteiger partial charge in [0.15, 0.2) is 0 Å². The Hall–Kier alpha value is -0.610. The quantitative estimate of drug-likeness (QED) is 0.527. The van der Waals surface area contributed by atoms with Gasteiger partial charge in [0.1, 0.15) is 0 Å². The van der Waals surface area contributed by atoms with Gasteiger partial charge in [-0.05, 0) is 32.5 Å². The largest absolute Gasteiger partial charge is 0.368 e. The molecule has 0 aliphatic carbocycles. The first-order valence-corrected chi connectivity index (χ1v) is 4.65. The third-order valence-corrected chi connectivity index (χ3v) is 2.57. The first kappa shape index (κ1) is 12.4. The lowest BCUT2D eigenvalue weighted by Crippen LogP contribution is -2.47. The van der Waals surface area contributed by atoms with Gasteiger partial charge in [0, 0.05) is 0 Å². The van der Waals surface area contributed by atoms with Gasteiger partial charge in [0.25, 0.3) is 0 Å². The highest BCUT2D eigenvalue weighted by atomic mass is 16.1. The minimum atomic E-state index is -0.280. The van der Waals surface area contributed by atoms with E-state index in [0.717, 1.165) is 6.54 Å². The smallest absolute Gasteiger partial charge is 0.234 e. The molecule has 0 aromatic rings. The van der Waals surface area contributed by atoms with Crippen molar-refractivity contribution in [2.24, 2.45) is 17.6 Å². The number of nitrogens with two attached hydrogens (primary N) is 1. The summed E-state index contributed by atoms with van der Waals surface area (Å²) in [5, 5.41) is 6.02. The molecule has 3 atom stereocenters. The number of likely N-dealkylation sites (N-methyl/N-ethyl adjacent to an activating group) is 1. The Balaban J connectivity index is 4.18. The maximum absolute atomic E-state index is 11.0. The van der Waals surface area contributed by atoms with Gasteiger partial charge in [-0.2, -0.15) is 0 Å². The lowest BCUT2D eigenvalue weighted by molar-refractivity contribution is -0.121. The molecule has 4 N–H and O–H groups in total. The van der Waals surface area contributed by atoms with Crippen molar-refractivity contribution in [2.75, 3.05) is 20.6 Å². The van der Waals surface area contributed by atoms with Gasteiger partial charge >= 0.3 is 0 Å². The second-order valence-electron chi connectivity index (χ2n) is 3.56. The molecule has 0 bridgehead atoms. The Bertz CT molecular complexity index is 161. The van der Waals surface area contributed by atoms with Crippen LogP contribution in [0.1, 0.15) is 13.8 Å². The number of nitrogens with one attached hydrogen (secondary N) is 2. The van der Waals surface area contributed by atoms with E-state index < -0.39 is 0 Å². The van der Waals surface area contributed by atoms with Gasteiger partial charge in [0.2, 0.25) is 5.91 Å². The molecule has 0 aromatic heterocycles. The van der Waals surface area contributed by atoms with Crippen molar-refractivity contribution in [1.29, 1.82) is 0 Å². The molecule has 4 heteroatoms. The summed E-state index contributed by atoms with van der Waals surface area (Å²) in [6.45, 7) is 5.04. The van der Waals surface area contributed by atoms with Crippen LogP contribution >= 0.6 is 0 Å². The standard InChI is InChI=1S/C9H21N3O/c1-6(5-11-3)7(2)8(12-4)9(10)13/h6-8,11-12H,5H2,1-4H3,(H2,10,13). The van der Waals surface area contributed by atoms with Crippen molar-refractivity contribution in [1.82, 2.24) is 10.6 Å². The fourth-order valence-electron chi connectivity index (χ4n) is 1.50. The first-order chi connectivity index (χ1) is 6.04. The molecular weight excluding hydrogens is 166 g/mol. The average molecular weight is 187 g/mol. The van der Waals surface area contributed by atoms with Crippen LogP contribution in [0, 0.1) is 11.8 Å². The fraction of sp³-hybridized carbons (Fsp3) is 0.889. The van der Waals surface area contributed by atoms with Gasteiger partial charge in [-0.1, -0.05) is 13.8 Å². The van der Waals surface area contributed by atoms with E-state index >= 15 is 0 Å². The summed E-state index contributed by atoms with van der Waals surface area (Å²) in [6.07, 6.45) is 0. The van der Waals surface area contributed by atoms with Crippen LogP contribution in [-0.2, 0) is 4.79 Å². The number of carbonyl (C=O) groups excluding carboxylic acids is 1. The summed E-state index contributed by atoms with van der Waals surface area (Å²) in [4.78, 5) is 11.0. The van der Waals surface area contributed by atoms with Crippen LogP contribution < -0.4 is 16.4 Å². The van der Waals surface area contributed by atoms with E-state index in [0.29, 0.717) is 5.92 Å². The third-order valence-electron chi connectivity index (χ3n) is 2.57. The topological polar surface area (TPSA) is 67.2 Å². The molecule has 0 saturated heterocycles. The number of hydrogen-bond donors (Lipinski definition) is 3. The number of primary amides is 1. The van der Waals surface area contributed by atoms with E-state index in [-0.39, 0.29) is 17.9 Å². The predicted molar refractivity (Wildman–Crippen MR) is 54.3 cm³/mol. The normalized spacial score (nSPS) is 17.8. The maximum Gasteiger partial charge on any atom is 0.234 e. The summed E-state index contributed by atoms with van der Waals surface area (Å²) in [5.74, 6) is 0.392. The van der Waals surface area contributed by atoms with Crippen molar-refractivity contribution >= 4 is 5.91 Å². The number of rotatable bonds is 6.